The lowest BCUT2D eigenvalue weighted by molar-refractivity contribution is -0.278. The largest absolute Gasteiger partial charge is 0.322 e. The predicted octanol–water partition coefficient (Wildman–Crippen LogP) is 1.66. The number of hydrogen-bond acceptors (Lipinski definition) is 6. The van der Waals surface area contributed by atoms with E-state index in [4.69, 9.17) is 10.8 Å². The molecule has 0 heterocycles. The number of nitrogens with one attached hydrogen (secondary N) is 2. The van der Waals surface area contributed by atoms with Crippen molar-refractivity contribution in [3.63, 3.8) is 0 Å². The van der Waals surface area contributed by atoms with Crippen LogP contribution in [-0.4, -0.2) is 25.0 Å². The van der Waals surface area contributed by atoms with E-state index >= 15 is 0 Å². The third-order valence-electron chi connectivity index (χ3n) is 1.21. The summed E-state index contributed by atoms with van der Waals surface area (Å²) in [5, 5.41) is 14.1. The zero-order chi connectivity index (χ0) is 10.8. The molecule has 0 aliphatic heterocycles. The van der Waals surface area contributed by atoms with E-state index in [2.05, 4.69) is 19.6 Å². The molecule has 0 amide bonds. The van der Waals surface area contributed by atoms with Gasteiger partial charge in [0.2, 0.25) is 11.8 Å². The van der Waals surface area contributed by atoms with E-state index < -0.39 is 0 Å². The second kappa shape index (κ2) is 8.46. The molecule has 0 atom stereocenters. The van der Waals surface area contributed by atoms with Crippen LogP contribution in [0.4, 0.5) is 0 Å². The number of hydrogen-bond donors (Lipinski definition) is 2. The fourth-order valence-electron chi connectivity index (χ4n) is 0.411. The molecule has 0 bridgehead atoms. The summed E-state index contributed by atoms with van der Waals surface area (Å²) in [7, 11) is 0. The first-order valence-corrected chi connectivity index (χ1v) is 4.44. The van der Waals surface area contributed by atoms with E-state index in [0.29, 0.717) is 12.8 Å². The molecule has 0 aliphatic carbocycles. The lowest BCUT2D eigenvalue weighted by Gasteiger charge is -2.05. The van der Waals surface area contributed by atoms with Crippen molar-refractivity contribution in [2.75, 3.05) is 13.2 Å². The summed E-state index contributed by atoms with van der Waals surface area (Å²) in [6.45, 7) is 3.88. The van der Waals surface area contributed by atoms with Crippen LogP contribution >= 0.6 is 0 Å². The first-order chi connectivity index (χ1) is 6.70. The van der Waals surface area contributed by atoms with E-state index in [1.807, 2.05) is 0 Å². The maximum absolute atomic E-state index is 7.06. The maximum atomic E-state index is 7.06. The van der Waals surface area contributed by atoms with Crippen LogP contribution in [0.3, 0.4) is 0 Å². The second-order valence-electron chi connectivity index (χ2n) is 2.36. The molecular formula is C8H16N2O4. The average Bonchev–Trinajstić information content (AvgIpc) is 2.22. The quantitative estimate of drug-likeness (QED) is 0.217. The van der Waals surface area contributed by atoms with Crippen molar-refractivity contribution in [2.24, 2.45) is 0 Å². The van der Waals surface area contributed by atoms with Gasteiger partial charge in [-0.3, -0.25) is 10.8 Å². The van der Waals surface area contributed by atoms with Crippen molar-refractivity contribution >= 4 is 11.8 Å². The summed E-state index contributed by atoms with van der Waals surface area (Å²) in [6, 6.07) is 0. The minimum Gasteiger partial charge on any atom is -0.322 e. The standard InChI is InChI=1S/C8H16N2O4/c1-3-7(9)13-11-5-6-12-14-8(10)4-2/h9-10H,3-6H2,1-2H3. The van der Waals surface area contributed by atoms with Gasteiger partial charge in [0.1, 0.15) is 13.2 Å². The Morgan fingerprint density at radius 1 is 0.857 bits per heavy atom. The summed E-state index contributed by atoms with van der Waals surface area (Å²) in [5.74, 6) is 0.124. The van der Waals surface area contributed by atoms with Gasteiger partial charge in [0, 0.05) is 12.8 Å². The zero-order valence-electron chi connectivity index (χ0n) is 8.46. The van der Waals surface area contributed by atoms with Gasteiger partial charge >= 0.3 is 0 Å². The van der Waals surface area contributed by atoms with Crippen molar-refractivity contribution in [1.82, 2.24) is 0 Å². The Balaban J connectivity index is 3.14. The zero-order valence-corrected chi connectivity index (χ0v) is 8.46. The molecule has 6 nitrogen and oxygen atoms in total. The van der Waals surface area contributed by atoms with Crippen LogP contribution in [-0.2, 0) is 19.6 Å². The molecule has 0 saturated carbocycles. The van der Waals surface area contributed by atoms with E-state index in [-0.39, 0.29) is 25.0 Å². The fourth-order valence-corrected chi connectivity index (χ4v) is 0.411. The Morgan fingerprint density at radius 2 is 1.21 bits per heavy atom. The number of rotatable bonds is 7. The van der Waals surface area contributed by atoms with E-state index in [9.17, 15) is 0 Å². The highest BCUT2D eigenvalue weighted by molar-refractivity contribution is 5.71. The molecule has 0 unspecified atom stereocenters. The summed E-state index contributed by atoms with van der Waals surface area (Å²) < 4.78 is 0. The second-order valence-corrected chi connectivity index (χ2v) is 2.36. The van der Waals surface area contributed by atoms with Crippen molar-refractivity contribution in [3.8, 4) is 0 Å². The Kier molecular flexibility index (Phi) is 7.77. The topological polar surface area (TPSA) is 84.6 Å². The monoisotopic (exact) mass is 204 g/mol. The molecule has 0 aromatic rings. The van der Waals surface area contributed by atoms with Gasteiger partial charge in [-0.1, -0.05) is 13.8 Å². The average molecular weight is 204 g/mol. The lowest BCUT2D eigenvalue weighted by atomic mass is 10.5. The van der Waals surface area contributed by atoms with Crippen LogP contribution in [0, 0.1) is 10.8 Å². The van der Waals surface area contributed by atoms with E-state index in [1.165, 1.54) is 0 Å². The van der Waals surface area contributed by atoms with Crippen LogP contribution in [0.5, 0.6) is 0 Å². The first kappa shape index (κ1) is 12.9. The third-order valence-corrected chi connectivity index (χ3v) is 1.21. The van der Waals surface area contributed by atoms with Gasteiger partial charge in [-0.2, -0.15) is 9.78 Å². The summed E-state index contributed by atoms with van der Waals surface area (Å²) in [4.78, 5) is 18.2. The fraction of sp³-hybridized carbons (Fsp3) is 0.750. The van der Waals surface area contributed by atoms with Crippen LogP contribution < -0.4 is 0 Å². The highest BCUT2D eigenvalue weighted by Gasteiger charge is 1.97. The minimum atomic E-state index is 0.0622. The van der Waals surface area contributed by atoms with Crippen LogP contribution in [0.25, 0.3) is 0 Å². The van der Waals surface area contributed by atoms with E-state index in [1.54, 1.807) is 13.8 Å². The molecule has 82 valence electrons. The van der Waals surface area contributed by atoms with Crippen molar-refractivity contribution in [3.05, 3.63) is 0 Å². The van der Waals surface area contributed by atoms with Gasteiger partial charge in [-0.05, 0) is 0 Å². The SMILES string of the molecule is CCC(=N)OOCCOOC(=N)CC. The van der Waals surface area contributed by atoms with E-state index in [0.717, 1.165) is 0 Å². The molecule has 0 saturated heterocycles. The molecule has 6 heteroatoms. The molecule has 0 aliphatic rings. The van der Waals surface area contributed by atoms with Gasteiger partial charge in [0.05, 0.1) is 0 Å². The van der Waals surface area contributed by atoms with Gasteiger partial charge in [0.25, 0.3) is 0 Å². The van der Waals surface area contributed by atoms with Gasteiger partial charge in [-0.25, -0.2) is 0 Å². The Hall–Kier alpha value is -1.14. The van der Waals surface area contributed by atoms with Gasteiger partial charge in [0.15, 0.2) is 0 Å². The van der Waals surface area contributed by atoms with Gasteiger partial charge in [-0.15, -0.1) is 0 Å². The summed E-state index contributed by atoms with van der Waals surface area (Å²) in [5.41, 5.74) is 0. The predicted molar refractivity (Wildman–Crippen MR) is 50.1 cm³/mol. The lowest BCUT2D eigenvalue weighted by Crippen LogP contribution is -2.10. The van der Waals surface area contributed by atoms with Crippen molar-refractivity contribution in [2.45, 2.75) is 26.7 Å². The van der Waals surface area contributed by atoms with Crippen LogP contribution in [0.15, 0.2) is 0 Å². The van der Waals surface area contributed by atoms with Crippen molar-refractivity contribution < 1.29 is 19.6 Å². The normalized spacial score (nSPS) is 9.57. The minimum absolute atomic E-state index is 0.0622. The molecule has 0 aromatic heterocycles. The molecular weight excluding hydrogens is 188 g/mol. The highest BCUT2D eigenvalue weighted by Crippen LogP contribution is 1.89. The molecule has 0 aromatic carbocycles. The Bertz CT molecular complexity index is 164. The molecule has 2 N–H and O–H groups in total. The smallest absolute Gasteiger partial charge is 0.224 e. The molecule has 0 radical (unpaired) electrons. The van der Waals surface area contributed by atoms with Gasteiger partial charge < -0.3 is 9.78 Å². The molecule has 0 spiro atoms. The molecule has 0 fully saturated rings. The summed E-state index contributed by atoms with van der Waals surface area (Å²) in [6.07, 6.45) is 0.968. The first-order valence-electron chi connectivity index (χ1n) is 4.44. The van der Waals surface area contributed by atoms with Crippen LogP contribution in [0.1, 0.15) is 26.7 Å². The highest BCUT2D eigenvalue weighted by atomic mass is 17.2. The maximum Gasteiger partial charge on any atom is 0.224 e. The third kappa shape index (κ3) is 7.51. The van der Waals surface area contributed by atoms with Crippen LogP contribution in [0.2, 0.25) is 0 Å². The summed E-state index contributed by atoms with van der Waals surface area (Å²) >= 11 is 0. The van der Waals surface area contributed by atoms with Crippen molar-refractivity contribution in [1.29, 1.82) is 10.8 Å². The molecule has 0 rings (SSSR count). The molecule has 14 heavy (non-hydrogen) atoms. The Morgan fingerprint density at radius 3 is 1.50 bits per heavy atom. The Labute approximate surface area is 83.0 Å².